The number of rotatable bonds is 0. The molecule has 9 heavy (non-hydrogen) atoms. The van der Waals surface area contributed by atoms with E-state index in [4.69, 9.17) is 0 Å². The van der Waals surface area contributed by atoms with Gasteiger partial charge in [0, 0.05) is 40.8 Å². The molecule has 52 valence electrons. The van der Waals surface area contributed by atoms with E-state index < -0.39 is 10.8 Å². The van der Waals surface area contributed by atoms with Gasteiger partial charge in [-0.2, -0.15) is 0 Å². The monoisotopic (exact) mass is 145 g/mol. The molecule has 0 aromatic heterocycles. The smallest absolute Gasteiger partial charge is 0.0316 e. The Hall–Kier alpha value is 0.110. The summed E-state index contributed by atoms with van der Waals surface area (Å²) in [6.45, 7) is 2.22. The van der Waals surface area contributed by atoms with E-state index in [-0.39, 0.29) is 0 Å². The summed E-state index contributed by atoms with van der Waals surface area (Å²) in [5.41, 5.74) is 0.477. The van der Waals surface area contributed by atoms with Gasteiger partial charge in [-0.25, -0.2) is 0 Å². The lowest BCUT2D eigenvalue weighted by Crippen LogP contribution is -2.53. The van der Waals surface area contributed by atoms with Crippen LogP contribution in [0.2, 0.25) is 0 Å². The van der Waals surface area contributed by atoms with Gasteiger partial charge in [0.1, 0.15) is 0 Å². The highest BCUT2D eigenvalue weighted by molar-refractivity contribution is 7.85. The minimum absolute atomic E-state index is 0.477. The van der Waals surface area contributed by atoms with Crippen LogP contribution in [-0.2, 0) is 10.8 Å². The molecule has 3 heteroatoms. The predicted molar refractivity (Wildman–Crippen MR) is 37.8 cm³/mol. The summed E-state index contributed by atoms with van der Waals surface area (Å²) in [4.78, 5) is 0. The Bertz CT molecular complexity index is 153. The highest BCUT2D eigenvalue weighted by Gasteiger charge is 2.42. The molecule has 1 spiro atoms. The van der Waals surface area contributed by atoms with E-state index >= 15 is 0 Å². The van der Waals surface area contributed by atoms with Crippen molar-refractivity contribution in [1.82, 2.24) is 5.32 Å². The molecule has 0 bridgehead atoms. The second-order valence-corrected chi connectivity index (χ2v) is 4.72. The highest BCUT2D eigenvalue weighted by atomic mass is 32.2. The molecule has 2 aliphatic heterocycles. The lowest BCUT2D eigenvalue weighted by Gasteiger charge is -2.38. The quantitative estimate of drug-likeness (QED) is 0.508. The number of hydrogen-bond donors (Lipinski definition) is 1. The fourth-order valence-corrected chi connectivity index (χ4v) is 3.41. The van der Waals surface area contributed by atoms with E-state index in [1.807, 2.05) is 0 Å². The van der Waals surface area contributed by atoms with Crippen molar-refractivity contribution in [3.8, 4) is 0 Å². The molecule has 1 N–H and O–H groups in total. The molecule has 0 amide bonds. The van der Waals surface area contributed by atoms with Crippen molar-refractivity contribution in [3.05, 3.63) is 0 Å². The summed E-state index contributed by atoms with van der Waals surface area (Å²) < 4.78 is 10.9. The Morgan fingerprint density at radius 2 is 2.22 bits per heavy atom. The molecule has 2 aliphatic rings. The molecule has 2 rings (SSSR count). The molecule has 0 aromatic carbocycles. The second kappa shape index (κ2) is 1.80. The van der Waals surface area contributed by atoms with Gasteiger partial charge in [-0.3, -0.25) is 4.21 Å². The van der Waals surface area contributed by atoms with Gasteiger partial charge in [0.15, 0.2) is 0 Å². The molecule has 0 saturated carbocycles. The highest BCUT2D eigenvalue weighted by Crippen LogP contribution is 2.33. The van der Waals surface area contributed by atoms with Gasteiger partial charge < -0.3 is 5.32 Å². The maximum atomic E-state index is 10.9. The molecule has 2 saturated heterocycles. The molecular formula is C6H11NOS. The molecule has 1 unspecified atom stereocenters. The molecule has 0 aromatic rings. The van der Waals surface area contributed by atoms with Crippen LogP contribution in [0.4, 0.5) is 0 Å². The van der Waals surface area contributed by atoms with Gasteiger partial charge in [-0.05, 0) is 6.42 Å². The SMILES string of the molecule is O=S1CCC2(CNC2)C1. The van der Waals surface area contributed by atoms with Crippen molar-refractivity contribution in [2.75, 3.05) is 24.6 Å². The van der Waals surface area contributed by atoms with Crippen LogP contribution in [0.1, 0.15) is 6.42 Å². The van der Waals surface area contributed by atoms with E-state index in [0.717, 1.165) is 24.6 Å². The average molecular weight is 145 g/mol. The van der Waals surface area contributed by atoms with Crippen LogP contribution in [0, 0.1) is 5.41 Å². The molecule has 0 aliphatic carbocycles. The van der Waals surface area contributed by atoms with Crippen molar-refractivity contribution in [2.24, 2.45) is 5.41 Å². The van der Waals surface area contributed by atoms with Crippen LogP contribution in [0.25, 0.3) is 0 Å². The van der Waals surface area contributed by atoms with Gasteiger partial charge in [0.2, 0.25) is 0 Å². The van der Waals surface area contributed by atoms with E-state index in [1.165, 1.54) is 6.42 Å². The van der Waals surface area contributed by atoms with Gasteiger partial charge in [-0.15, -0.1) is 0 Å². The summed E-state index contributed by atoms with van der Waals surface area (Å²) in [7, 11) is -0.481. The van der Waals surface area contributed by atoms with Gasteiger partial charge in [0.05, 0.1) is 0 Å². The fraction of sp³-hybridized carbons (Fsp3) is 1.00. The molecule has 0 radical (unpaired) electrons. The van der Waals surface area contributed by atoms with Crippen molar-refractivity contribution in [2.45, 2.75) is 6.42 Å². The van der Waals surface area contributed by atoms with Crippen LogP contribution < -0.4 is 5.32 Å². The van der Waals surface area contributed by atoms with E-state index in [9.17, 15) is 4.21 Å². The summed E-state index contributed by atoms with van der Waals surface area (Å²) in [6, 6.07) is 0. The Morgan fingerprint density at radius 3 is 2.44 bits per heavy atom. The summed E-state index contributed by atoms with van der Waals surface area (Å²) >= 11 is 0. The topological polar surface area (TPSA) is 29.1 Å². The van der Waals surface area contributed by atoms with Gasteiger partial charge in [-0.1, -0.05) is 0 Å². The summed E-state index contributed by atoms with van der Waals surface area (Å²) in [5.74, 6) is 1.90. The lowest BCUT2D eigenvalue weighted by molar-refractivity contribution is 0.206. The predicted octanol–water partition coefficient (Wildman–Crippen LogP) is -0.272. The zero-order valence-corrected chi connectivity index (χ0v) is 6.17. The molecule has 1 atom stereocenters. The van der Waals surface area contributed by atoms with Crippen molar-refractivity contribution in [3.63, 3.8) is 0 Å². The minimum Gasteiger partial charge on any atom is -0.315 e. The molecule has 2 nitrogen and oxygen atoms in total. The number of nitrogens with one attached hydrogen (secondary N) is 1. The first kappa shape index (κ1) is 5.86. The zero-order valence-electron chi connectivity index (χ0n) is 5.35. The Kier molecular flexibility index (Phi) is 1.17. The van der Waals surface area contributed by atoms with E-state index in [0.29, 0.717) is 5.41 Å². The standard InChI is InChI=1S/C6H11NOS/c8-9-2-1-6(5-9)3-7-4-6/h7H,1-5H2. The minimum atomic E-state index is -0.481. The maximum absolute atomic E-state index is 10.9. The summed E-state index contributed by atoms with van der Waals surface area (Å²) in [5, 5.41) is 3.23. The van der Waals surface area contributed by atoms with Crippen LogP contribution in [0.15, 0.2) is 0 Å². The van der Waals surface area contributed by atoms with Crippen LogP contribution in [0.3, 0.4) is 0 Å². The third kappa shape index (κ3) is 0.829. The molecule has 2 fully saturated rings. The largest absolute Gasteiger partial charge is 0.315 e. The fourth-order valence-electron chi connectivity index (χ4n) is 1.57. The van der Waals surface area contributed by atoms with Crippen molar-refractivity contribution in [1.29, 1.82) is 0 Å². The summed E-state index contributed by atoms with van der Waals surface area (Å²) in [6.07, 6.45) is 1.19. The van der Waals surface area contributed by atoms with Crippen LogP contribution in [-0.4, -0.2) is 28.8 Å². The van der Waals surface area contributed by atoms with Crippen LogP contribution in [0.5, 0.6) is 0 Å². The lowest BCUT2D eigenvalue weighted by atomic mass is 9.82. The Labute approximate surface area is 57.5 Å². The first-order chi connectivity index (χ1) is 4.31. The molecule has 2 heterocycles. The maximum Gasteiger partial charge on any atom is 0.0316 e. The van der Waals surface area contributed by atoms with Crippen molar-refractivity contribution < 1.29 is 4.21 Å². The third-order valence-corrected chi connectivity index (χ3v) is 3.92. The first-order valence-corrected chi connectivity index (χ1v) is 4.85. The second-order valence-electron chi connectivity index (χ2n) is 3.14. The average Bonchev–Trinajstić information content (AvgIpc) is 2.09. The Morgan fingerprint density at radius 1 is 1.44 bits per heavy atom. The zero-order chi connectivity index (χ0) is 6.32. The first-order valence-electron chi connectivity index (χ1n) is 3.37. The van der Waals surface area contributed by atoms with E-state index in [2.05, 4.69) is 5.32 Å². The van der Waals surface area contributed by atoms with Gasteiger partial charge in [0.25, 0.3) is 0 Å². The van der Waals surface area contributed by atoms with E-state index in [1.54, 1.807) is 0 Å². The third-order valence-electron chi connectivity index (χ3n) is 2.33. The van der Waals surface area contributed by atoms with Gasteiger partial charge >= 0.3 is 0 Å². The van der Waals surface area contributed by atoms with Crippen molar-refractivity contribution >= 4 is 10.8 Å². The molecular weight excluding hydrogens is 134 g/mol. The Balaban J connectivity index is 2.07. The normalized spacial score (nSPS) is 38.9. The number of hydrogen-bond acceptors (Lipinski definition) is 2. The van der Waals surface area contributed by atoms with Crippen LogP contribution >= 0.6 is 0 Å².